The fraction of sp³-hybridized carbons (Fsp3) is 1.00. The van der Waals surface area contributed by atoms with Crippen LogP contribution in [0.1, 0.15) is 32.6 Å². The molecular weight excluding hydrogens is 138 g/mol. The molecule has 0 bridgehead atoms. The number of ether oxygens (including phenoxy) is 1. The fourth-order valence-electron chi connectivity index (χ4n) is 1.54. The third kappa shape index (κ3) is 3.21. The van der Waals surface area contributed by atoms with Gasteiger partial charge in [0.05, 0.1) is 6.10 Å². The summed E-state index contributed by atoms with van der Waals surface area (Å²) in [5.41, 5.74) is 5.53. The number of hydrogen-bond acceptors (Lipinski definition) is 2. The summed E-state index contributed by atoms with van der Waals surface area (Å²) in [4.78, 5) is 0. The van der Waals surface area contributed by atoms with Crippen molar-refractivity contribution in [3.8, 4) is 0 Å². The maximum atomic E-state index is 5.59. The maximum Gasteiger partial charge on any atom is 0.0578 e. The van der Waals surface area contributed by atoms with Crippen LogP contribution in [0.3, 0.4) is 0 Å². The third-order valence-electron chi connectivity index (χ3n) is 2.34. The van der Waals surface area contributed by atoms with E-state index in [2.05, 4.69) is 6.92 Å². The molecule has 11 heavy (non-hydrogen) atoms. The van der Waals surface area contributed by atoms with Crippen LogP contribution in [0.15, 0.2) is 0 Å². The molecular formula is C9H19NO. The molecule has 1 aliphatic heterocycles. The van der Waals surface area contributed by atoms with Crippen molar-refractivity contribution in [2.45, 2.75) is 38.7 Å². The summed E-state index contributed by atoms with van der Waals surface area (Å²) in [5, 5.41) is 0. The molecule has 1 saturated heterocycles. The van der Waals surface area contributed by atoms with Gasteiger partial charge in [0.1, 0.15) is 0 Å². The van der Waals surface area contributed by atoms with E-state index in [-0.39, 0.29) is 0 Å². The minimum absolute atomic E-state index is 0.502. The Morgan fingerprint density at radius 3 is 2.91 bits per heavy atom. The standard InChI is InChI=1S/C9H19NO/c1-8(7-10)6-9-4-2-3-5-11-9/h8-9H,2-7,10H2,1H3/t8-,9?/m0/s1. The first-order valence-electron chi connectivity index (χ1n) is 4.64. The molecule has 2 heteroatoms. The minimum atomic E-state index is 0.502. The number of hydrogen-bond donors (Lipinski definition) is 1. The van der Waals surface area contributed by atoms with Gasteiger partial charge in [-0.15, -0.1) is 0 Å². The van der Waals surface area contributed by atoms with E-state index < -0.39 is 0 Å². The zero-order valence-corrected chi connectivity index (χ0v) is 7.38. The minimum Gasteiger partial charge on any atom is -0.378 e. The first kappa shape index (κ1) is 9.01. The molecule has 0 amide bonds. The van der Waals surface area contributed by atoms with Gasteiger partial charge in [-0.2, -0.15) is 0 Å². The molecule has 0 spiro atoms. The highest BCUT2D eigenvalue weighted by molar-refractivity contribution is 4.67. The van der Waals surface area contributed by atoms with Crippen LogP contribution >= 0.6 is 0 Å². The molecule has 0 aromatic rings. The predicted molar refractivity (Wildman–Crippen MR) is 46.4 cm³/mol. The first-order chi connectivity index (χ1) is 5.33. The van der Waals surface area contributed by atoms with Crippen molar-refractivity contribution in [1.29, 1.82) is 0 Å². The lowest BCUT2D eigenvalue weighted by atomic mass is 9.98. The van der Waals surface area contributed by atoms with Gasteiger partial charge in [-0.3, -0.25) is 0 Å². The highest BCUT2D eigenvalue weighted by Gasteiger charge is 2.15. The molecule has 0 radical (unpaired) electrons. The SMILES string of the molecule is C[C@H](CN)CC1CCCCO1. The smallest absolute Gasteiger partial charge is 0.0578 e. The van der Waals surface area contributed by atoms with Crippen molar-refractivity contribution in [2.24, 2.45) is 11.7 Å². The first-order valence-corrected chi connectivity index (χ1v) is 4.64. The second kappa shape index (κ2) is 4.73. The lowest BCUT2D eigenvalue weighted by Gasteiger charge is -2.24. The van der Waals surface area contributed by atoms with Crippen molar-refractivity contribution in [2.75, 3.05) is 13.2 Å². The molecule has 1 aliphatic rings. The Balaban J connectivity index is 2.13. The number of rotatable bonds is 3. The van der Waals surface area contributed by atoms with E-state index in [1.54, 1.807) is 0 Å². The summed E-state index contributed by atoms with van der Waals surface area (Å²) in [6, 6.07) is 0. The monoisotopic (exact) mass is 157 g/mol. The van der Waals surface area contributed by atoms with Gasteiger partial charge in [0.2, 0.25) is 0 Å². The van der Waals surface area contributed by atoms with Gasteiger partial charge in [0, 0.05) is 6.61 Å². The summed E-state index contributed by atoms with van der Waals surface area (Å²) in [6.45, 7) is 3.94. The van der Waals surface area contributed by atoms with Crippen molar-refractivity contribution < 1.29 is 4.74 Å². The van der Waals surface area contributed by atoms with Crippen molar-refractivity contribution in [3.05, 3.63) is 0 Å². The van der Waals surface area contributed by atoms with Crippen LogP contribution < -0.4 is 5.73 Å². The molecule has 2 atom stereocenters. The Morgan fingerprint density at radius 2 is 2.36 bits per heavy atom. The summed E-state index contributed by atoms with van der Waals surface area (Å²) < 4.78 is 5.59. The van der Waals surface area contributed by atoms with E-state index >= 15 is 0 Å². The van der Waals surface area contributed by atoms with Crippen LogP contribution in [-0.2, 0) is 4.74 Å². The molecule has 2 N–H and O–H groups in total. The van der Waals surface area contributed by atoms with Gasteiger partial charge in [-0.25, -0.2) is 0 Å². The average Bonchev–Trinajstić information content (AvgIpc) is 2.06. The predicted octanol–water partition coefficient (Wildman–Crippen LogP) is 1.54. The summed E-state index contributed by atoms with van der Waals surface area (Å²) in [7, 11) is 0. The second-order valence-corrected chi connectivity index (χ2v) is 3.57. The Hall–Kier alpha value is -0.0800. The van der Waals surface area contributed by atoms with Crippen LogP contribution in [0, 0.1) is 5.92 Å². The molecule has 1 unspecified atom stereocenters. The van der Waals surface area contributed by atoms with E-state index in [0.717, 1.165) is 19.6 Å². The van der Waals surface area contributed by atoms with E-state index in [9.17, 15) is 0 Å². The average molecular weight is 157 g/mol. The molecule has 1 heterocycles. The summed E-state index contributed by atoms with van der Waals surface area (Å²) in [5.74, 6) is 0.623. The Morgan fingerprint density at radius 1 is 1.55 bits per heavy atom. The molecule has 0 aromatic heterocycles. The van der Waals surface area contributed by atoms with Crippen LogP contribution in [0.2, 0.25) is 0 Å². The molecule has 0 aromatic carbocycles. The topological polar surface area (TPSA) is 35.2 Å². The Bertz CT molecular complexity index is 99.7. The number of nitrogens with two attached hydrogens (primary N) is 1. The fourth-order valence-corrected chi connectivity index (χ4v) is 1.54. The van der Waals surface area contributed by atoms with Gasteiger partial charge in [-0.05, 0) is 38.1 Å². The molecule has 2 nitrogen and oxygen atoms in total. The third-order valence-corrected chi connectivity index (χ3v) is 2.34. The van der Waals surface area contributed by atoms with E-state index in [1.807, 2.05) is 0 Å². The lowest BCUT2D eigenvalue weighted by molar-refractivity contribution is 0.00351. The Kier molecular flexibility index (Phi) is 3.87. The normalized spacial score (nSPS) is 28.4. The molecule has 1 fully saturated rings. The highest BCUT2D eigenvalue weighted by atomic mass is 16.5. The van der Waals surface area contributed by atoms with Crippen molar-refractivity contribution >= 4 is 0 Å². The molecule has 0 saturated carbocycles. The quantitative estimate of drug-likeness (QED) is 0.674. The highest BCUT2D eigenvalue weighted by Crippen LogP contribution is 2.18. The Labute approximate surface area is 69.1 Å². The summed E-state index contributed by atoms with van der Waals surface area (Å²) >= 11 is 0. The van der Waals surface area contributed by atoms with Crippen LogP contribution in [0.25, 0.3) is 0 Å². The van der Waals surface area contributed by atoms with E-state index in [4.69, 9.17) is 10.5 Å². The molecule has 66 valence electrons. The summed E-state index contributed by atoms with van der Waals surface area (Å²) in [6.07, 6.45) is 5.47. The van der Waals surface area contributed by atoms with Gasteiger partial charge in [0.15, 0.2) is 0 Å². The van der Waals surface area contributed by atoms with Crippen LogP contribution in [0.4, 0.5) is 0 Å². The van der Waals surface area contributed by atoms with Crippen molar-refractivity contribution in [1.82, 2.24) is 0 Å². The van der Waals surface area contributed by atoms with Gasteiger partial charge in [-0.1, -0.05) is 6.92 Å². The van der Waals surface area contributed by atoms with Crippen LogP contribution in [0.5, 0.6) is 0 Å². The second-order valence-electron chi connectivity index (χ2n) is 3.57. The zero-order chi connectivity index (χ0) is 8.10. The maximum absolute atomic E-state index is 5.59. The van der Waals surface area contributed by atoms with E-state index in [1.165, 1.54) is 19.3 Å². The van der Waals surface area contributed by atoms with Crippen LogP contribution in [-0.4, -0.2) is 19.3 Å². The zero-order valence-electron chi connectivity index (χ0n) is 7.38. The van der Waals surface area contributed by atoms with E-state index in [0.29, 0.717) is 12.0 Å². The lowest BCUT2D eigenvalue weighted by Crippen LogP contribution is -2.24. The van der Waals surface area contributed by atoms with Gasteiger partial charge >= 0.3 is 0 Å². The van der Waals surface area contributed by atoms with Crippen molar-refractivity contribution in [3.63, 3.8) is 0 Å². The molecule has 0 aliphatic carbocycles. The van der Waals surface area contributed by atoms with Gasteiger partial charge in [0.25, 0.3) is 0 Å². The molecule has 1 rings (SSSR count). The largest absolute Gasteiger partial charge is 0.378 e. The van der Waals surface area contributed by atoms with Gasteiger partial charge < -0.3 is 10.5 Å².